The zero-order valence-corrected chi connectivity index (χ0v) is 17.4. The molecule has 7 heteroatoms. The molecular formula is C22H29N3O4. The summed E-state index contributed by atoms with van der Waals surface area (Å²) >= 11 is 0. The molecule has 2 aliphatic heterocycles. The molecule has 1 saturated heterocycles. The molecule has 3 rings (SSSR count). The molecule has 1 unspecified atom stereocenters. The number of carbonyl (C=O) groups excluding carboxylic acids is 4. The number of fused-ring (bicyclic) bond motifs is 1. The molecule has 0 N–H and O–H groups in total. The van der Waals surface area contributed by atoms with E-state index >= 15 is 0 Å². The van der Waals surface area contributed by atoms with E-state index < -0.39 is 17.9 Å². The molecule has 0 saturated carbocycles. The fourth-order valence-corrected chi connectivity index (χ4v) is 4.19. The van der Waals surface area contributed by atoms with Gasteiger partial charge in [0.2, 0.25) is 11.8 Å². The Bertz CT molecular complexity index is 783. The fourth-order valence-electron chi connectivity index (χ4n) is 4.19. The van der Waals surface area contributed by atoms with E-state index in [2.05, 4.69) is 0 Å². The second-order valence-electron chi connectivity index (χ2n) is 7.72. The van der Waals surface area contributed by atoms with Gasteiger partial charge >= 0.3 is 0 Å². The van der Waals surface area contributed by atoms with E-state index in [0.717, 1.165) is 17.7 Å². The van der Waals surface area contributed by atoms with E-state index in [0.29, 0.717) is 43.7 Å². The van der Waals surface area contributed by atoms with Gasteiger partial charge in [-0.15, -0.1) is 0 Å². The van der Waals surface area contributed by atoms with Crippen LogP contribution in [0.25, 0.3) is 0 Å². The van der Waals surface area contributed by atoms with Crippen LogP contribution in [0.4, 0.5) is 0 Å². The van der Waals surface area contributed by atoms with Crippen molar-refractivity contribution in [1.29, 1.82) is 0 Å². The Kier molecular flexibility index (Phi) is 6.35. The maximum Gasteiger partial charge on any atom is 0.262 e. The van der Waals surface area contributed by atoms with Crippen LogP contribution in [0.1, 0.15) is 60.7 Å². The number of carbonyl (C=O) groups is 4. The Balaban J connectivity index is 1.67. The zero-order valence-electron chi connectivity index (χ0n) is 17.4. The van der Waals surface area contributed by atoms with Crippen LogP contribution < -0.4 is 0 Å². The van der Waals surface area contributed by atoms with Crippen LogP contribution >= 0.6 is 0 Å². The first-order valence-electron chi connectivity index (χ1n) is 10.4. The number of amides is 4. The van der Waals surface area contributed by atoms with Gasteiger partial charge in [-0.2, -0.15) is 0 Å². The van der Waals surface area contributed by atoms with Gasteiger partial charge in [0.15, 0.2) is 0 Å². The summed E-state index contributed by atoms with van der Waals surface area (Å²) in [6.07, 6.45) is 2.31. The van der Waals surface area contributed by atoms with Crippen molar-refractivity contribution in [3.63, 3.8) is 0 Å². The molecule has 1 aromatic rings. The molecular weight excluding hydrogens is 370 g/mol. The van der Waals surface area contributed by atoms with Gasteiger partial charge in [-0.05, 0) is 38.3 Å². The normalized spacial score (nSPS) is 18.1. The predicted octanol–water partition coefficient (Wildman–Crippen LogP) is 2.17. The zero-order chi connectivity index (χ0) is 21.1. The standard InChI is InChI=1S/C22H29N3O4/c1-4-16(5-2)20(27)24-12-8-11-23(13-14-24)19(26)15(3)25-21(28)17-9-6-7-10-18(17)22(25)29/h6-7,9-10,15-16H,4-5,8,11-14H2,1-3H3. The molecule has 156 valence electrons. The largest absolute Gasteiger partial charge is 0.341 e. The quantitative estimate of drug-likeness (QED) is 0.711. The maximum atomic E-state index is 13.1. The van der Waals surface area contributed by atoms with Gasteiger partial charge in [0.25, 0.3) is 11.8 Å². The Labute approximate surface area is 171 Å². The molecule has 0 bridgehead atoms. The monoisotopic (exact) mass is 399 g/mol. The van der Waals surface area contributed by atoms with Gasteiger partial charge in [-0.25, -0.2) is 0 Å². The number of hydrogen-bond donors (Lipinski definition) is 0. The Morgan fingerprint density at radius 3 is 1.83 bits per heavy atom. The molecule has 7 nitrogen and oxygen atoms in total. The summed E-state index contributed by atoms with van der Waals surface area (Å²) in [6.45, 7) is 7.67. The highest BCUT2D eigenvalue weighted by Gasteiger charge is 2.42. The lowest BCUT2D eigenvalue weighted by Gasteiger charge is -2.29. The highest BCUT2D eigenvalue weighted by atomic mass is 16.2. The minimum absolute atomic E-state index is 0.0227. The van der Waals surface area contributed by atoms with Gasteiger partial charge in [-0.1, -0.05) is 26.0 Å². The van der Waals surface area contributed by atoms with Crippen molar-refractivity contribution >= 4 is 23.6 Å². The second kappa shape index (κ2) is 8.76. The van der Waals surface area contributed by atoms with Crippen LogP contribution in [0.3, 0.4) is 0 Å². The molecule has 1 atom stereocenters. The average molecular weight is 399 g/mol. The smallest absolute Gasteiger partial charge is 0.262 e. The van der Waals surface area contributed by atoms with Crippen molar-refractivity contribution in [3.05, 3.63) is 35.4 Å². The summed E-state index contributed by atoms with van der Waals surface area (Å²) in [6, 6.07) is 5.77. The highest BCUT2D eigenvalue weighted by molar-refractivity contribution is 6.22. The lowest BCUT2D eigenvalue weighted by atomic mass is 10.0. The average Bonchev–Trinajstić information content (AvgIpc) is 2.89. The van der Waals surface area contributed by atoms with Crippen molar-refractivity contribution in [3.8, 4) is 0 Å². The summed E-state index contributed by atoms with van der Waals surface area (Å²) < 4.78 is 0. The summed E-state index contributed by atoms with van der Waals surface area (Å²) in [5.74, 6) is -0.929. The topological polar surface area (TPSA) is 78.0 Å². The second-order valence-corrected chi connectivity index (χ2v) is 7.72. The lowest BCUT2D eigenvalue weighted by molar-refractivity contribution is -0.137. The van der Waals surface area contributed by atoms with Crippen LogP contribution in [0, 0.1) is 5.92 Å². The summed E-state index contributed by atoms with van der Waals surface area (Å²) in [4.78, 5) is 55.7. The minimum Gasteiger partial charge on any atom is -0.341 e. The van der Waals surface area contributed by atoms with Crippen LogP contribution in [0.5, 0.6) is 0 Å². The van der Waals surface area contributed by atoms with Gasteiger partial charge in [0, 0.05) is 32.1 Å². The minimum atomic E-state index is -0.872. The third kappa shape index (κ3) is 3.91. The van der Waals surface area contributed by atoms with Gasteiger partial charge in [0.05, 0.1) is 11.1 Å². The molecule has 0 aromatic heterocycles. The van der Waals surface area contributed by atoms with E-state index in [1.54, 1.807) is 36.1 Å². The lowest BCUT2D eigenvalue weighted by Crippen LogP contribution is -2.50. The fraction of sp³-hybridized carbons (Fsp3) is 0.545. The van der Waals surface area contributed by atoms with Crippen LogP contribution in [-0.4, -0.2) is 70.5 Å². The Hall–Kier alpha value is -2.70. The maximum absolute atomic E-state index is 13.1. The van der Waals surface area contributed by atoms with Gasteiger partial charge < -0.3 is 9.80 Å². The van der Waals surface area contributed by atoms with E-state index in [1.165, 1.54) is 0 Å². The van der Waals surface area contributed by atoms with Crippen molar-refractivity contribution in [1.82, 2.24) is 14.7 Å². The van der Waals surface area contributed by atoms with Crippen molar-refractivity contribution in [2.75, 3.05) is 26.2 Å². The Morgan fingerprint density at radius 2 is 1.34 bits per heavy atom. The van der Waals surface area contributed by atoms with Gasteiger partial charge in [-0.3, -0.25) is 24.1 Å². The molecule has 0 spiro atoms. The number of imide groups is 1. The van der Waals surface area contributed by atoms with Crippen LogP contribution in [0.2, 0.25) is 0 Å². The molecule has 2 aliphatic rings. The number of rotatable bonds is 5. The molecule has 1 fully saturated rings. The molecule has 2 heterocycles. The van der Waals surface area contributed by atoms with Gasteiger partial charge in [0.1, 0.15) is 6.04 Å². The third-order valence-electron chi connectivity index (χ3n) is 6.02. The summed E-state index contributed by atoms with van der Waals surface area (Å²) in [5, 5.41) is 0. The van der Waals surface area contributed by atoms with Crippen LogP contribution in [-0.2, 0) is 9.59 Å². The third-order valence-corrected chi connectivity index (χ3v) is 6.02. The van der Waals surface area contributed by atoms with Crippen LogP contribution in [0.15, 0.2) is 24.3 Å². The van der Waals surface area contributed by atoms with E-state index in [4.69, 9.17) is 0 Å². The first kappa shape index (κ1) is 21.0. The summed E-state index contributed by atoms with van der Waals surface area (Å²) in [7, 11) is 0. The number of benzene rings is 1. The molecule has 0 radical (unpaired) electrons. The highest BCUT2D eigenvalue weighted by Crippen LogP contribution is 2.25. The molecule has 1 aromatic carbocycles. The predicted molar refractivity (Wildman–Crippen MR) is 108 cm³/mol. The van der Waals surface area contributed by atoms with E-state index in [-0.39, 0.29) is 17.7 Å². The number of nitrogens with zero attached hydrogens (tertiary/aromatic N) is 3. The molecule has 29 heavy (non-hydrogen) atoms. The first-order valence-corrected chi connectivity index (χ1v) is 10.4. The van der Waals surface area contributed by atoms with Crippen molar-refractivity contribution in [2.24, 2.45) is 5.92 Å². The SMILES string of the molecule is CCC(CC)C(=O)N1CCCN(C(=O)C(C)N2C(=O)c3ccccc3C2=O)CC1. The number of hydrogen-bond acceptors (Lipinski definition) is 4. The molecule has 4 amide bonds. The van der Waals surface area contributed by atoms with E-state index in [1.807, 2.05) is 18.7 Å². The Morgan fingerprint density at radius 1 is 0.862 bits per heavy atom. The van der Waals surface area contributed by atoms with Crippen molar-refractivity contribution in [2.45, 2.75) is 46.1 Å². The molecule has 0 aliphatic carbocycles. The van der Waals surface area contributed by atoms with Crippen molar-refractivity contribution < 1.29 is 19.2 Å². The van der Waals surface area contributed by atoms with E-state index in [9.17, 15) is 19.2 Å². The first-order chi connectivity index (χ1) is 13.9. The summed E-state index contributed by atoms with van der Waals surface area (Å²) in [5.41, 5.74) is 0.685.